The van der Waals surface area contributed by atoms with Crippen LogP contribution in [0.2, 0.25) is 0 Å². The van der Waals surface area contributed by atoms with Crippen molar-refractivity contribution in [3.8, 4) is 0 Å². The highest BCUT2D eigenvalue weighted by atomic mass is 16.5. The Morgan fingerprint density at radius 3 is 2.68 bits per heavy atom. The third kappa shape index (κ3) is 6.89. The fraction of sp³-hybridized carbons (Fsp3) is 0.929. The molecule has 1 aliphatic heterocycles. The van der Waals surface area contributed by atoms with E-state index in [0.29, 0.717) is 13.0 Å². The molecule has 0 aliphatic carbocycles. The maximum Gasteiger partial charge on any atom is 0.237 e. The maximum atomic E-state index is 11.9. The summed E-state index contributed by atoms with van der Waals surface area (Å²) in [6, 6.07) is -0.252. The summed E-state index contributed by atoms with van der Waals surface area (Å²) in [7, 11) is 1.66. The van der Waals surface area contributed by atoms with Crippen molar-refractivity contribution in [3.05, 3.63) is 0 Å². The van der Waals surface area contributed by atoms with Crippen molar-refractivity contribution in [3.63, 3.8) is 0 Å². The second-order valence-electron chi connectivity index (χ2n) is 5.51. The van der Waals surface area contributed by atoms with Crippen molar-refractivity contribution in [2.75, 3.05) is 33.4 Å². The van der Waals surface area contributed by atoms with E-state index in [1.165, 1.54) is 19.3 Å². The molecule has 112 valence electrons. The molecule has 1 saturated heterocycles. The van der Waals surface area contributed by atoms with E-state index >= 15 is 0 Å². The number of carbonyl (C=O) groups excluding carboxylic acids is 1. The lowest BCUT2D eigenvalue weighted by atomic mass is 10.1. The number of piperidine rings is 1. The standard InChI is InChI=1S/C14H29N3O2/c1-12(11-17-8-4-3-5-9-17)16-14(18)13(15)7-6-10-19-2/h12-13H,3-11,15H2,1-2H3,(H,16,18). The second-order valence-corrected chi connectivity index (χ2v) is 5.51. The summed E-state index contributed by atoms with van der Waals surface area (Å²) in [4.78, 5) is 14.3. The number of rotatable bonds is 8. The highest BCUT2D eigenvalue weighted by molar-refractivity contribution is 5.81. The Bertz CT molecular complexity index is 255. The van der Waals surface area contributed by atoms with E-state index in [4.69, 9.17) is 10.5 Å². The van der Waals surface area contributed by atoms with Crippen LogP contribution in [0.25, 0.3) is 0 Å². The van der Waals surface area contributed by atoms with Gasteiger partial charge in [0.05, 0.1) is 6.04 Å². The number of methoxy groups -OCH3 is 1. The molecule has 5 nitrogen and oxygen atoms in total. The molecule has 0 radical (unpaired) electrons. The second kappa shape index (κ2) is 9.28. The minimum absolute atomic E-state index is 0.0411. The fourth-order valence-corrected chi connectivity index (χ4v) is 2.50. The molecule has 2 atom stereocenters. The summed E-state index contributed by atoms with van der Waals surface area (Å²) >= 11 is 0. The molecule has 1 fully saturated rings. The minimum atomic E-state index is -0.418. The Hall–Kier alpha value is -0.650. The lowest BCUT2D eigenvalue weighted by Crippen LogP contribution is -2.49. The van der Waals surface area contributed by atoms with E-state index < -0.39 is 6.04 Å². The summed E-state index contributed by atoms with van der Waals surface area (Å²) < 4.78 is 4.96. The lowest BCUT2D eigenvalue weighted by molar-refractivity contribution is -0.123. The number of hydrogen-bond donors (Lipinski definition) is 2. The van der Waals surface area contributed by atoms with Crippen LogP contribution < -0.4 is 11.1 Å². The summed E-state index contributed by atoms with van der Waals surface area (Å²) in [5.41, 5.74) is 5.86. The Kier molecular flexibility index (Phi) is 8.02. The van der Waals surface area contributed by atoms with Crippen LogP contribution in [0.3, 0.4) is 0 Å². The number of amides is 1. The number of hydrogen-bond acceptors (Lipinski definition) is 4. The van der Waals surface area contributed by atoms with Gasteiger partial charge in [0.15, 0.2) is 0 Å². The van der Waals surface area contributed by atoms with Crippen LogP contribution in [0.15, 0.2) is 0 Å². The van der Waals surface area contributed by atoms with Crippen LogP contribution in [0.5, 0.6) is 0 Å². The number of nitrogens with two attached hydrogens (primary N) is 1. The summed E-state index contributed by atoms with van der Waals surface area (Å²) in [5, 5.41) is 3.01. The number of ether oxygens (including phenoxy) is 1. The normalized spacial score (nSPS) is 19.9. The van der Waals surface area contributed by atoms with Crippen LogP contribution in [0.4, 0.5) is 0 Å². The molecule has 1 rings (SSSR count). The van der Waals surface area contributed by atoms with Gasteiger partial charge in [0.1, 0.15) is 0 Å². The zero-order chi connectivity index (χ0) is 14.1. The Labute approximate surface area is 116 Å². The van der Waals surface area contributed by atoms with Gasteiger partial charge in [0, 0.05) is 26.3 Å². The third-order valence-corrected chi connectivity index (χ3v) is 3.57. The van der Waals surface area contributed by atoms with E-state index in [0.717, 1.165) is 26.1 Å². The van der Waals surface area contributed by atoms with Crippen LogP contribution in [-0.2, 0) is 9.53 Å². The molecule has 1 amide bonds. The van der Waals surface area contributed by atoms with Gasteiger partial charge in [-0.15, -0.1) is 0 Å². The van der Waals surface area contributed by atoms with Gasteiger partial charge >= 0.3 is 0 Å². The van der Waals surface area contributed by atoms with Crippen molar-refractivity contribution in [2.45, 2.75) is 51.1 Å². The minimum Gasteiger partial charge on any atom is -0.385 e. The van der Waals surface area contributed by atoms with Crippen LogP contribution >= 0.6 is 0 Å². The maximum absolute atomic E-state index is 11.9. The molecule has 3 N–H and O–H groups in total. The molecule has 0 aromatic rings. The van der Waals surface area contributed by atoms with Gasteiger partial charge in [0.25, 0.3) is 0 Å². The first-order chi connectivity index (χ1) is 9.13. The van der Waals surface area contributed by atoms with Gasteiger partial charge < -0.3 is 20.7 Å². The van der Waals surface area contributed by atoms with E-state index in [2.05, 4.69) is 10.2 Å². The van der Waals surface area contributed by atoms with Crippen molar-refractivity contribution in [1.29, 1.82) is 0 Å². The highest BCUT2D eigenvalue weighted by Crippen LogP contribution is 2.08. The van der Waals surface area contributed by atoms with Crippen molar-refractivity contribution < 1.29 is 9.53 Å². The van der Waals surface area contributed by atoms with E-state index in [9.17, 15) is 4.79 Å². The van der Waals surface area contributed by atoms with Gasteiger partial charge in [-0.05, 0) is 45.7 Å². The van der Waals surface area contributed by atoms with E-state index in [-0.39, 0.29) is 11.9 Å². The van der Waals surface area contributed by atoms with Gasteiger partial charge in [-0.1, -0.05) is 6.42 Å². The van der Waals surface area contributed by atoms with Gasteiger partial charge in [0.2, 0.25) is 5.91 Å². The zero-order valence-corrected chi connectivity index (χ0v) is 12.4. The molecule has 1 aliphatic rings. The Morgan fingerprint density at radius 1 is 1.37 bits per heavy atom. The smallest absolute Gasteiger partial charge is 0.237 e. The number of likely N-dealkylation sites (tertiary alicyclic amines) is 1. The average molecular weight is 271 g/mol. The molecular weight excluding hydrogens is 242 g/mol. The number of carbonyl (C=O) groups is 1. The molecule has 19 heavy (non-hydrogen) atoms. The predicted octanol–water partition coefficient (Wildman–Crippen LogP) is 0.731. The zero-order valence-electron chi connectivity index (χ0n) is 12.4. The Morgan fingerprint density at radius 2 is 2.05 bits per heavy atom. The predicted molar refractivity (Wildman–Crippen MR) is 77.0 cm³/mol. The number of nitrogens with one attached hydrogen (secondary N) is 1. The largest absolute Gasteiger partial charge is 0.385 e. The molecule has 0 spiro atoms. The molecule has 1 heterocycles. The molecule has 0 bridgehead atoms. The lowest BCUT2D eigenvalue weighted by Gasteiger charge is -2.29. The fourth-order valence-electron chi connectivity index (χ4n) is 2.50. The molecule has 0 saturated carbocycles. The molecule has 0 aromatic heterocycles. The average Bonchev–Trinajstić information content (AvgIpc) is 2.39. The summed E-state index contributed by atoms with van der Waals surface area (Å²) in [5.74, 6) is -0.0411. The molecule has 0 aromatic carbocycles. The van der Waals surface area contributed by atoms with Crippen LogP contribution in [-0.4, -0.2) is 56.2 Å². The summed E-state index contributed by atoms with van der Waals surface area (Å²) in [6.07, 6.45) is 5.39. The van der Waals surface area contributed by atoms with Crippen LogP contribution in [0.1, 0.15) is 39.0 Å². The number of nitrogens with zero attached hydrogens (tertiary/aromatic N) is 1. The highest BCUT2D eigenvalue weighted by Gasteiger charge is 2.18. The summed E-state index contributed by atoms with van der Waals surface area (Å²) in [6.45, 7) is 5.94. The molecule has 5 heteroatoms. The first kappa shape index (κ1) is 16.4. The Balaban J connectivity index is 2.18. The monoisotopic (exact) mass is 271 g/mol. The van der Waals surface area contributed by atoms with Crippen LogP contribution in [0, 0.1) is 0 Å². The first-order valence-electron chi connectivity index (χ1n) is 7.40. The van der Waals surface area contributed by atoms with E-state index in [1.807, 2.05) is 6.92 Å². The SMILES string of the molecule is COCCCC(N)C(=O)NC(C)CN1CCCCC1. The topological polar surface area (TPSA) is 67.6 Å². The van der Waals surface area contributed by atoms with Crippen molar-refractivity contribution in [1.82, 2.24) is 10.2 Å². The van der Waals surface area contributed by atoms with Crippen molar-refractivity contribution in [2.24, 2.45) is 5.73 Å². The van der Waals surface area contributed by atoms with Crippen molar-refractivity contribution >= 4 is 5.91 Å². The van der Waals surface area contributed by atoms with E-state index in [1.54, 1.807) is 7.11 Å². The molecular formula is C14H29N3O2. The van der Waals surface area contributed by atoms with Gasteiger partial charge in [-0.2, -0.15) is 0 Å². The molecule has 2 unspecified atom stereocenters. The quantitative estimate of drug-likeness (QED) is 0.639. The van der Waals surface area contributed by atoms with Gasteiger partial charge in [-0.3, -0.25) is 4.79 Å². The first-order valence-corrected chi connectivity index (χ1v) is 7.40. The third-order valence-electron chi connectivity index (χ3n) is 3.57. The van der Waals surface area contributed by atoms with Gasteiger partial charge in [-0.25, -0.2) is 0 Å².